The standard InChI is InChI=1S/C17H21N7OS/c1-11-17(26-13(3)18-11)14-4-5-15(21-20-14)24-8-6-23(7-9-24)10-16-19-12(2)22-25-16/h4-5H,6-10H2,1-3H3. The Balaban J connectivity index is 1.38. The summed E-state index contributed by atoms with van der Waals surface area (Å²) in [5.41, 5.74) is 1.90. The first-order chi connectivity index (χ1) is 12.6. The molecule has 0 N–H and O–H groups in total. The van der Waals surface area contributed by atoms with Crippen molar-refractivity contribution in [3.63, 3.8) is 0 Å². The topological polar surface area (TPSA) is 84.1 Å². The molecule has 9 heteroatoms. The van der Waals surface area contributed by atoms with Crippen molar-refractivity contribution in [1.82, 2.24) is 30.2 Å². The van der Waals surface area contributed by atoms with Crippen molar-refractivity contribution in [1.29, 1.82) is 0 Å². The number of piperazine rings is 1. The molecule has 0 bridgehead atoms. The van der Waals surface area contributed by atoms with Crippen LogP contribution in [0.4, 0.5) is 5.82 Å². The monoisotopic (exact) mass is 371 g/mol. The molecular weight excluding hydrogens is 350 g/mol. The third kappa shape index (κ3) is 3.58. The van der Waals surface area contributed by atoms with Gasteiger partial charge in [-0.3, -0.25) is 4.90 Å². The highest BCUT2D eigenvalue weighted by Crippen LogP contribution is 2.28. The summed E-state index contributed by atoms with van der Waals surface area (Å²) in [6.07, 6.45) is 0. The number of thiazole rings is 1. The lowest BCUT2D eigenvalue weighted by molar-refractivity contribution is 0.215. The lowest BCUT2D eigenvalue weighted by Gasteiger charge is -2.34. The summed E-state index contributed by atoms with van der Waals surface area (Å²) in [5, 5.41) is 13.7. The van der Waals surface area contributed by atoms with E-state index in [2.05, 4.69) is 35.1 Å². The third-order valence-electron chi connectivity index (χ3n) is 4.41. The highest BCUT2D eigenvalue weighted by atomic mass is 32.1. The smallest absolute Gasteiger partial charge is 0.240 e. The predicted molar refractivity (Wildman–Crippen MR) is 99.1 cm³/mol. The first kappa shape index (κ1) is 17.0. The van der Waals surface area contributed by atoms with Gasteiger partial charge in [-0.25, -0.2) is 4.98 Å². The van der Waals surface area contributed by atoms with Crippen molar-refractivity contribution >= 4 is 17.2 Å². The molecule has 3 aromatic heterocycles. The summed E-state index contributed by atoms with van der Waals surface area (Å²) < 4.78 is 5.20. The van der Waals surface area contributed by atoms with Crippen molar-refractivity contribution in [3.8, 4) is 10.6 Å². The second-order valence-corrected chi connectivity index (χ2v) is 7.63. The number of anilines is 1. The van der Waals surface area contributed by atoms with Crippen LogP contribution in [0.3, 0.4) is 0 Å². The summed E-state index contributed by atoms with van der Waals surface area (Å²) in [4.78, 5) is 14.4. The fourth-order valence-electron chi connectivity index (χ4n) is 3.11. The van der Waals surface area contributed by atoms with E-state index in [-0.39, 0.29) is 0 Å². The third-order valence-corrected chi connectivity index (χ3v) is 5.51. The normalized spacial score (nSPS) is 15.6. The highest BCUT2D eigenvalue weighted by Gasteiger charge is 2.20. The Labute approximate surface area is 155 Å². The molecule has 1 saturated heterocycles. The number of hydrogen-bond donors (Lipinski definition) is 0. The van der Waals surface area contributed by atoms with E-state index in [1.807, 2.05) is 32.9 Å². The van der Waals surface area contributed by atoms with E-state index in [0.29, 0.717) is 18.3 Å². The molecule has 4 heterocycles. The Morgan fingerprint density at radius 1 is 1.04 bits per heavy atom. The van der Waals surface area contributed by atoms with Gasteiger partial charge in [0.2, 0.25) is 5.89 Å². The fraction of sp³-hybridized carbons (Fsp3) is 0.471. The molecule has 0 spiro atoms. The van der Waals surface area contributed by atoms with Crippen molar-refractivity contribution < 1.29 is 4.52 Å². The van der Waals surface area contributed by atoms with Crippen LogP contribution in [-0.4, -0.2) is 56.4 Å². The zero-order valence-electron chi connectivity index (χ0n) is 15.1. The quantitative estimate of drug-likeness (QED) is 0.690. The first-order valence-corrected chi connectivity index (χ1v) is 9.45. The van der Waals surface area contributed by atoms with Crippen LogP contribution in [0.2, 0.25) is 0 Å². The van der Waals surface area contributed by atoms with Gasteiger partial charge in [-0.2, -0.15) is 4.98 Å². The molecule has 4 rings (SSSR count). The minimum absolute atomic E-state index is 0.676. The maximum absolute atomic E-state index is 5.20. The van der Waals surface area contributed by atoms with Crippen LogP contribution >= 0.6 is 11.3 Å². The van der Waals surface area contributed by atoms with Crippen molar-refractivity contribution in [2.24, 2.45) is 0 Å². The van der Waals surface area contributed by atoms with Gasteiger partial charge in [-0.1, -0.05) is 5.16 Å². The van der Waals surface area contributed by atoms with Crippen LogP contribution in [-0.2, 0) is 6.54 Å². The van der Waals surface area contributed by atoms with Gasteiger partial charge in [0.05, 0.1) is 22.1 Å². The van der Waals surface area contributed by atoms with Gasteiger partial charge in [-0.15, -0.1) is 21.5 Å². The lowest BCUT2D eigenvalue weighted by atomic mass is 10.2. The number of rotatable bonds is 4. The molecule has 1 fully saturated rings. The molecule has 0 unspecified atom stereocenters. The molecule has 3 aromatic rings. The zero-order chi connectivity index (χ0) is 18.1. The maximum Gasteiger partial charge on any atom is 0.240 e. The van der Waals surface area contributed by atoms with E-state index in [1.165, 1.54) is 0 Å². The van der Waals surface area contributed by atoms with Crippen molar-refractivity contribution in [2.75, 3.05) is 31.1 Å². The molecule has 26 heavy (non-hydrogen) atoms. The molecular formula is C17H21N7OS. The SMILES string of the molecule is Cc1noc(CN2CCN(c3ccc(-c4sc(C)nc4C)nn3)CC2)n1. The van der Waals surface area contributed by atoms with Gasteiger partial charge < -0.3 is 9.42 Å². The average Bonchev–Trinajstić information content (AvgIpc) is 3.20. The Hall–Kier alpha value is -2.39. The molecule has 1 aliphatic heterocycles. The maximum atomic E-state index is 5.20. The number of aryl methyl sites for hydroxylation is 3. The molecule has 0 aromatic carbocycles. The molecule has 136 valence electrons. The molecule has 0 atom stereocenters. The van der Waals surface area contributed by atoms with Crippen LogP contribution in [0.15, 0.2) is 16.7 Å². The molecule has 0 aliphatic carbocycles. The van der Waals surface area contributed by atoms with E-state index in [1.54, 1.807) is 11.3 Å². The van der Waals surface area contributed by atoms with E-state index in [4.69, 9.17) is 4.52 Å². The largest absolute Gasteiger partial charge is 0.353 e. The van der Waals surface area contributed by atoms with Crippen molar-refractivity contribution in [3.05, 3.63) is 34.5 Å². The Kier molecular flexibility index (Phi) is 4.64. The lowest BCUT2D eigenvalue weighted by Crippen LogP contribution is -2.46. The van der Waals surface area contributed by atoms with E-state index in [9.17, 15) is 0 Å². The molecule has 8 nitrogen and oxygen atoms in total. The minimum Gasteiger partial charge on any atom is -0.353 e. The second kappa shape index (κ2) is 7.08. The average molecular weight is 371 g/mol. The van der Waals surface area contributed by atoms with E-state index >= 15 is 0 Å². The van der Waals surface area contributed by atoms with Crippen LogP contribution in [0.1, 0.15) is 22.4 Å². The zero-order valence-corrected chi connectivity index (χ0v) is 16.0. The van der Waals surface area contributed by atoms with Crippen LogP contribution in [0, 0.1) is 20.8 Å². The molecule has 0 amide bonds. The summed E-state index contributed by atoms with van der Waals surface area (Å²) in [6, 6.07) is 4.09. The van der Waals surface area contributed by atoms with Gasteiger partial charge in [0.1, 0.15) is 5.69 Å². The Bertz CT molecular complexity index is 881. The highest BCUT2D eigenvalue weighted by molar-refractivity contribution is 7.15. The Morgan fingerprint density at radius 3 is 2.42 bits per heavy atom. The molecule has 0 saturated carbocycles. The van der Waals surface area contributed by atoms with Gasteiger partial charge >= 0.3 is 0 Å². The predicted octanol–water partition coefficient (Wildman–Crippen LogP) is 2.23. The van der Waals surface area contributed by atoms with E-state index < -0.39 is 0 Å². The van der Waals surface area contributed by atoms with Crippen LogP contribution < -0.4 is 4.90 Å². The second-order valence-electron chi connectivity index (χ2n) is 6.42. The number of hydrogen-bond acceptors (Lipinski definition) is 9. The van der Waals surface area contributed by atoms with Gasteiger partial charge in [0.25, 0.3) is 0 Å². The summed E-state index contributed by atoms with van der Waals surface area (Å²) in [6.45, 7) is 10.2. The van der Waals surface area contributed by atoms with Crippen LogP contribution in [0.25, 0.3) is 10.6 Å². The Morgan fingerprint density at radius 2 is 1.85 bits per heavy atom. The number of aromatic nitrogens is 5. The van der Waals surface area contributed by atoms with Crippen LogP contribution in [0.5, 0.6) is 0 Å². The summed E-state index contributed by atoms with van der Waals surface area (Å²) >= 11 is 1.66. The van der Waals surface area contributed by atoms with Gasteiger partial charge in [-0.05, 0) is 32.9 Å². The first-order valence-electron chi connectivity index (χ1n) is 8.63. The number of nitrogens with zero attached hydrogens (tertiary/aromatic N) is 7. The van der Waals surface area contributed by atoms with E-state index in [0.717, 1.165) is 53.3 Å². The minimum atomic E-state index is 0.676. The summed E-state index contributed by atoms with van der Waals surface area (Å²) in [5.74, 6) is 2.27. The fourth-order valence-corrected chi connectivity index (χ4v) is 4.00. The van der Waals surface area contributed by atoms with Crippen molar-refractivity contribution in [2.45, 2.75) is 27.3 Å². The molecule has 1 aliphatic rings. The summed E-state index contributed by atoms with van der Waals surface area (Å²) in [7, 11) is 0. The van der Waals surface area contributed by atoms with Gasteiger partial charge in [0.15, 0.2) is 11.6 Å². The van der Waals surface area contributed by atoms with Gasteiger partial charge in [0, 0.05) is 26.2 Å². The molecule has 0 radical (unpaired) electrons.